The highest BCUT2D eigenvalue weighted by Gasteiger charge is 2.37. The normalized spacial score (nSPS) is 13.5. The summed E-state index contributed by atoms with van der Waals surface area (Å²) in [6.07, 6.45) is -0.946. The van der Waals surface area contributed by atoms with Crippen molar-refractivity contribution in [2.75, 3.05) is 0 Å². The Balaban J connectivity index is 1.81. The second kappa shape index (κ2) is 9.88. The molecular formula is C21H19N2O7P. The van der Waals surface area contributed by atoms with Gasteiger partial charge in [0.15, 0.2) is 5.78 Å². The molecule has 0 aromatic heterocycles. The van der Waals surface area contributed by atoms with Crippen LogP contribution in [0.15, 0.2) is 84.9 Å². The second-order valence-electron chi connectivity index (χ2n) is 6.43. The lowest BCUT2D eigenvalue weighted by Gasteiger charge is -2.24. The number of nitro benzene ring substituents is 1. The van der Waals surface area contributed by atoms with E-state index in [0.717, 1.165) is 5.56 Å². The van der Waals surface area contributed by atoms with Gasteiger partial charge in [-0.1, -0.05) is 48.5 Å². The van der Waals surface area contributed by atoms with Gasteiger partial charge in [0.25, 0.3) is 5.69 Å². The molecule has 0 radical (unpaired) electrons. The fraction of sp³-hybridized carbons (Fsp3) is 0.0952. The lowest BCUT2D eigenvalue weighted by Crippen LogP contribution is -2.30. The number of non-ortho nitro benzene ring substituents is 1. The van der Waals surface area contributed by atoms with Crippen LogP contribution >= 0.6 is 7.60 Å². The fourth-order valence-electron chi connectivity index (χ4n) is 2.69. The number of hydrogen-bond acceptors (Lipinski definition) is 6. The molecule has 2 unspecified atom stereocenters. The Morgan fingerprint density at radius 1 is 1.00 bits per heavy atom. The van der Waals surface area contributed by atoms with E-state index in [1.807, 2.05) is 6.07 Å². The van der Waals surface area contributed by atoms with Crippen molar-refractivity contribution >= 4 is 19.4 Å². The number of hydrogen-bond donors (Lipinski definition) is 2. The van der Waals surface area contributed by atoms with E-state index >= 15 is 0 Å². The minimum atomic E-state index is -4.52. The van der Waals surface area contributed by atoms with Crippen molar-refractivity contribution in [3.8, 4) is 5.75 Å². The SMILES string of the molecule is O=C(NC(c1ccc([N+](=O)[O-])cc1)P(=O)(O)Oc1ccccc1)OCc1ccccc1. The van der Waals surface area contributed by atoms with Crippen LogP contribution < -0.4 is 9.84 Å². The van der Waals surface area contributed by atoms with E-state index in [0.29, 0.717) is 0 Å². The third kappa shape index (κ3) is 6.15. The average molecular weight is 442 g/mol. The molecule has 1 amide bonds. The standard InChI is InChI=1S/C21H19N2O7P/c24-21(29-15-16-7-3-1-4-8-16)22-20(17-11-13-18(14-12-17)23(25)26)31(27,28)30-19-9-5-2-6-10-19/h1-14,20H,15H2,(H,22,24)(H,27,28). The summed E-state index contributed by atoms with van der Waals surface area (Å²) >= 11 is 0. The number of benzene rings is 3. The maximum absolute atomic E-state index is 13.0. The zero-order valence-electron chi connectivity index (χ0n) is 16.2. The molecular weight excluding hydrogens is 423 g/mol. The molecule has 0 heterocycles. The Morgan fingerprint density at radius 2 is 1.58 bits per heavy atom. The highest BCUT2D eigenvalue weighted by atomic mass is 31.2. The summed E-state index contributed by atoms with van der Waals surface area (Å²) in [5.74, 6) is -1.39. The largest absolute Gasteiger partial charge is 0.445 e. The van der Waals surface area contributed by atoms with Crippen LogP contribution in [0.3, 0.4) is 0 Å². The number of nitrogens with zero attached hydrogens (tertiary/aromatic N) is 1. The van der Waals surface area contributed by atoms with Crippen LogP contribution in [0, 0.1) is 10.1 Å². The Morgan fingerprint density at radius 3 is 2.16 bits per heavy atom. The summed E-state index contributed by atoms with van der Waals surface area (Å²) in [7, 11) is -4.52. The van der Waals surface area contributed by atoms with E-state index in [4.69, 9.17) is 9.26 Å². The first-order valence-corrected chi connectivity index (χ1v) is 10.8. The molecule has 31 heavy (non-hydrogen) atoms. The van der Waals surface area contributed by atoms with E-state index in [9.17, 15) is 24.4 Å². The van der Waals surface area contributed by atoms with Crippen molar-refractivity contribution in [1.82, 2.24) is 5.32 Å². The summed E-state index contributed by atoms with van der Waals surface area (Å²) in [5.41, 5.74) is 0.673. The molecule has 3 aromatic carbocycles. The molecule has 0 fully saturated rings. The number of rotatable bonds is 8. The van der Waals surface area contributed by atoms with Gasteiger partial charge in [-0.2, -0.15) is 0 Å². The van der Waals surface area contributed by atoms with E-state index < -0.39 is 24.4 Å². The summed E-state index contributed by atoms with van der Waals surface area (Å²) in [5, 5.41) is 13.2. The van der Waals surface area contributed by atoms with Crippen LogP contribution in [-0.4, -0.2) is 15.9 Å². The van der Waals surface area contributed by atoms with Crippen molar-refractivity contribution in [2.45, 2.75) is 12.4 Å². The number of carbonyl (C=O) groups excluding carboxylic acids is 1. The van der Waals surface area contributed by atoms with Crippen molar-refractivity contribution in [3.63, 3.8) is 0 Å². The molecule has 0 saturated carbocycles. The summed E-state index contributed by atoms with van der Waals surface area (Å²) in [6.45, 7) is -0.0467. The van der Waals surface area contributed by atoms with E-state index in [-0.39, 0.29) is 23.6 Å². The zero-order valence-corrected chi connectivity index (χ0v) is 17.1. The van der Waals surface area contributed by atoms with Crippen molar-refractivity contribution < 1.29 is 28.4 Å². The van der Waals surface area contributed by atoms with Gasteiger partial charge < -0.3 is 19.5 Å². The highest BCUT2D eigenvalue weighted by molar-refractivity contribution is 7.53. The number of para-hydroxylation sites is 1. The quantitative estimate of drug-likeness (QED) is 0.292. The molecule has 3 aromatic rings. The summed E-state index contributed by atoms with van der Waals surface area (Å²) in [6, 6.07) is 21.7. The molecule has 0 bridgehead atoms. The van der Waals surface area contributed by atoms with Gasteiger partial charge in [0.1, 0.15) is 12.4 Å². The first-order valence-electron chi connectivity index (χ1n) is 9.14. The first kappa shape index (κ1) is 22.0. The van der Waals surface area contributed by atoms with E-state index in [2.05, 4.69) is 5.32 Å². The third-order valence-corrected chi connectivity index (χ3v) is 5.74. The lowest BCUT2D eigenvalue weighted by molar-refractivity contribution is -0.384. The van der Waals surface area contributed by atoms with Crippen LogP contribution in [0.2, 0.25) is 0 Å². The van der Waals surface area contributed by atoms with E-state index in [1.165, 1.54) is 36.4 Å². The number of nitro groups is 1. The topological polar surface area (TPSA) is 128 Å². The van der Waals surface area contributed by atoms with Gasteiger partial charge in [-0.3, -0.25) is 10.1 Å². The molecule has 0 aliphatic carbocycles. The van der Waals surface area contributed by atoms with Crippen LogP contribution in [0.5, 0.6) is 5.75 Å². The molecule has 0 spiro atoms. The first-order chi connectivity index (χ1) is 14.8. The van der Waals surface area contributed by atoms with Gasteiger partial charge in [0.2, 0.25) is 0 Å². The number of amides is 1. The van der Waals surface area contributed by atoms with Crippen molar-refractivity contribution in [3.05, 3.63) is 106 Å². The Hall–Kier alpha value is -3.68. The molecule has 0 aliphatic heterocycles. The van der Waals surface area contributed by atoms with Crippen molar-refractivity contribution in [1.29, 1.82) is 0 Å². The number of ether oxygens (including phenoxy) is 1. The van der Waals surface area contributed by atoms with Crippen LogP contribution in [0.25, 0.3) is 0 Å². The number of alkyl carbamates (subject to hydrolysis) is 1. The van der Waals surface area contributed by atoms with E-state index in [1.54, 1.807) is 42.5 Å². The predicted octanol–water partition coefficient (Wildman–Crippen LogP) is 4.78. The van der Waals surface area contributed by atoms with Crippen LogP contribution in [0.4, 0.5) is 10.5 Å². The van der Waals surface area contributed by atoms with Gasteiger partial charge >= 0.3 is 13.7 Å². The number of carbonyl (C=O) groups is 1. The minimum absolute atomic E-state index is 0.0467. The maximum atomic E-state index is 13.0. The maximum Gasteiger partial charge on any atom is 0.408 e. The molecule has 2 N–H and O–H groups in total. The zero-order chi connectivity index (χ0) is 22.3. The van der Waals surface area contributed by atoms with Gasteiger partial charge in [-0.25, -0.2) is 9.36 Å². The van der Waals surface area contributed by atoms with Crippen LogP contribution in [-0.2, 0) is 15.9 Å². The lowest BCUT2D eigenvalue weighted by atomic mass is 10.2. The van der Waals surface area contributed by atoms with Gasteiger partial charge in [-0.05, 0) is 35.4 Å². The number of nitrogens with one attached hydrogen (secondary N) is 1. The molecule has 10 heteroatoms. The van der Waals surface area contributed by atoms with Gasteiger partial charge in [-0.15, -0.1) is 0 Å². The predicted molar refractivity (Wildman–Crippen MR) is 112 cm³/mol. The smallest absolute Gasteiger partial charge is 0.408 e. The molecule has 160 valence electrons. The minimum Gasteiger partial charge on any atom is -0.445 e. The second-order valence-corrected chi connectivity index (χ2v) is 8.25. The highest BCUT2D eigenvalue weighted by Crippen LogP contribution is 2.54. The fourth-order valence-corrected chi connectivity index (χ4v) is 4.04. The van der Waals surface area contributed by atoms with Gasteiger partial charge in [0, 0.05) is 12.1 Å². The average Bonchev–Trinajstić information content (AvgIpc) is 2.77. The molecule has 0 aliphatic rings. The Labute approximate surface area is 177 Å². The monoisotopic (exact) mass is 442 g/mol. The molecule has 0 saturated heterocycles. The van der Waals surface area contributed by atoms with Gasteiger partial charge in [0.05, 0.1) is 4.92 Å². The Kier molecular flexibility index (Phi) is 7.02. The van der Waals surface area contributed by atoms with Crippen molar-refractivity contribution in [2.24, 2.45) is 0 Å². The summed E-state index contributed by atoms with van der Waals surface area (Å²) in [4.78, 5) is 33.3. The third-order valence-electron chi connectivity index (χ3n) is 4.19. The molecule has 2 atom stereocenters. The molecule has 3 rings (SSSR count). The molecule has 9 nitrogen and oxygen atoms in total. The van der Waals surface area contributed by atoms with Crippen LogP contribution in [0.1, 0.15) is 16.9 Å². The summed E-state index contributed by atoms with van der Waals surface area (Å²) < 4.78 is 23.4. The Bertz CT molecular complexity index is 1080.